The second kappa shape index (κ2) is 6.18. The first kappa shape index (κ1) is 14.0. The van der Waals surface area contributed by atoms with Gasteiger partial charge in [-0.05, 0) is 12.1 Å². The molecule has 106 valence electrons. The second-order valence-corrected chi connectivity index (χ2v) is 4.86. The Morgan fingerprint density at radius 1 is 1.25 bits per heavy atom. The molecule has 0 saturated heterocycles. The Balaban J connectivity index is 1.91. The maximum absolute atomic E-state index is 11.8. The summed E-state index contributed by atoms with van der Waals surface area (Å²) in [6.45, 7) is 4.46. The third kappa shape index (κ3) is 3.34. The molecule has 1 heterocycles. The zero-order valence-electron chi connectivity index (χ0n) is 11.9. The molecule has 0 radical (unpaired) electrons. The van der Waals surface area contributed by atoms with Gasteiger partial charge in [0.15, 0.2) is 5.82 Å². The van der Waals surface area contributed by atoms with Gasteiger partial charge in [0.25, 0.3) is 0 Å². The SMILES string of the molecule is CC(C)c1nnc(CNC(=O)Nc2ccccc2)n1C. The summed E-state index contributed by atoms with van der Waals surface area (Å²) in [7, 11) is 1.90. The number of carbonyl (C=O) groups is 1. The minimum atomic E-state index is -0.259. The van der Waals surface area contributed by atoms with E-state index in [1.165, 1.54) is 0 Å². The lowest BCUT2D eigenvalue weighted by atomic mass is 10.2. The number of urea groups is 1. The maximum Gasteiger partial charge on any atom is 0.319 e. The number of hydrogen-bond acceptors (Lipinski definition) is 3. The zero-order chi connectivity index (χ0) is 14.5. The van der Waals surface area contributed by atoms with Gasteiger partial charge in [0, 0.05) is 18.7 Å². The van der Waals surface area contributed by atoms with Gasteiger partial charge in [-0.2, -0.15) is 0 Å². The van der Waals surface area contributed by atoms with Crippen molar-refractivity contribution >= 4 is 11.7 Å². The number of benzene rings is 1. The van der Waals surface area contributed by atoms with Gasteiger partial charge in [-0.1, -0.05) is 32.0 Å². The van der Waals surface area contributed by atoms with Crippen LogP contribution in [0, 0.1) is 0 Å². The van der Waals surface area contributed by atoms with E-state index in [1.54, 1.807) is 0 Å². The molecule has 6 heteroatoms. The van der Waals surface area contributed by atoms with Crippen LogP contribution in [0.5, 0.6) is 0 Å². The largest absolute Gasteiger partial charge is 0.331 e. The average Bonchev–Trinajstić information content (AvgIpc) is 2.79. The van der Waals surface area contributed by atoms with Gasteiger partial charge in [0.05, 0.1) is 6.54 Å². The molecule has 0 aliphatic carbocycles. The summed E-state index contributed by atoms with van der Waals surface area (Å²) in [6.07, 6.45) is 0. The Kier molecular flexibility index (Phi) is 4.34. The van der Waals surface area contributed by atoms with Crippen molar-refractivity contribution in [1.29, 1.82) is 0 Å². The van der Waals surface area contributed by atoms with E-state index in [4.69, 9.17) is 0 Å². The average molecular weight is 273 g/mol. The number of para-hydroxylation sites is 1. The van der Waals surface area contributed by atoms with E-state index in [-0.39, 0.29) is 6.03 Å². The van der Waals surface area contributed by atoms with E-state index in [9.17, 15) is 4.79 Å². The van der Waals surface area contributed by atoms with E-state index in [1.807, 2.05) is 41.9 Å². The van der Waals surface area contributed by atoms with Crippen molar-refractivity contribution in [3.63, 3.8) is 0 Å². The van der Waals surface area contributed by atoms with Crippen LogP contribution in [0.3, 0.4) is 0 Å². The quantitative estimate of drug-likeness (QED) is 0.897. The zero-order valence-corrected chi connectivity index (χ0v) is 11.9. The lowest BCUT2D eigenvalue weighted by Gasteiger charge is -2.08. The van der Waals surface area contributed by atoms with Crippen molar-refractivity contribution in [2.75, 3.05) is 5.32 Å². The summed E-state index contributed by atoms with van der Waals surface area (Å²) in [5.74, 6) is 1.95. The van der Waals surface area contributed by atoms with Crippen LogP contribution in [0.2, 0.25) is 0 Å². The number of nitrogens with one attached hydrogen (secondary N) is 2. The van der Waals surface area contributed by atoms with Crippen molar-refractivity contribution in [1.82, 2.24) is 20.1 Å². The first-order valence-electron chi connectivity index (χ1n) is 6.56. The third-order valence-electron chi connectivity index (χ3n) is 2.95. The Hall–Kier alpha value is -2.37. The number of anilines is 1. The molecule has 2 amide bonds. The topological polar surface area (TPSA) is 71.8 Å². The van der Waals surface area contributed by atoms with E-state index in [2.05, 4.69) is 34.7 Å². The molecule has 2 rings (SSSR count). The molecule has 0 fully saturated rings. The van der Waals surface area contributed by atoms with E-state index in [0.29, 0.717) is 12.5 Å². The standard InChI is InChI=1S/C14H19N5O/c1-10(2)13-18-17-12(19(13)3)9-15-14(20)16-11-7-5-4-6-8-11/h4-8,10H,9H2,1-3H3,(H2,15,16,20). The molecule has 1 aromatic carbocycles. The van der Waals surface area contributed by atoms with E-state index < -0.39 is 0 Å². The molecule has 0 aliphatic rings. The van der Waals surface area contributed by atoms with Crippen LogP contribution >= 0.6 is 0 Å². The van der Waals surface area contributed by atoms with Gasteiger partial charge in [0.1, 0.15) is 5.82 Å². The van der Waals surface area contributed by atoms with Gasteiger partial charge in [-0.15, -0.1) is 10.2 Å². The molecule has 1 aromatic heterocycles. The Bertz CT molecular complexity index is 577. The molecule has 0 spiro atoms. The molecule has 0 bridgehead atoms. The van der Waals surface area contributed by atoms with Crippen molar-refractivity contribution in [2.45, 2.75) is 26.3 Å². The summed E-state index contributed by atoms with van der Waals surface area (Å²) in [6, 6.07) is 9.04. The van der Waals surface area contributed by atoms with Gasteiger partial charge >= 0.3 is 6.03 Å². The monoisotopic (exact) mass is 273 g/mol. The fourth-order valence-corrected chi connectivity index (χ4v) is 1.89. The molecule has 0 atom stereocenters. The van der Waals surface area contributed by atoms with Crippen molar-refractivity contribution < 1.29 is 4.79 Å². The Labute approximate surface area is 118 Å². The minimum absolute atomic E-state index is 0.259. The minimum Gasteiger partial charge on any atom is -0.331 e. The summed E-state index contributed by atoms with van der Waals surface area (Å²) in [5, 5.41) is 13.7. The molecular formula is C14H19N5O. The normalized spacial score (nSPS) is 10.6. The van der Waals surface area contributed by atoms with E-state index >= 15 is 0 Å². The molecule has 20 heavy (non-hydrogen) atoms. The third-order valence-corrected chi connectivity index (χ3v) is 2.95. The number of amides is 2. The van der Waals surface area contributed by atoms with Crippen molar-refractivity contribution in [3.8, 4) is 0 Å². The van der Waals surface area contributed by atoms with E-state index in [0.717, 1.165) is 17.3 Å². The van der Waals surface area contributed by atoms with Crippen LogP contribution in [-0.2, 0) is 13.6 Å². The molecular weight excluding hydrogens is 254 g/mol. The van der Waals surface area contributed by atoms with Crippen LogP contribution < -0.4 is 10.6 Å². The van der Waals surface area contributed by atoms with Crippen LogP contribution in [0.1, 0.15) is 31.4 Å². The van der Waals surface area contributed by atoms with Gasteiger partial charge < -0.3 is 15.2 Å². The number of rotatable bonds is 4. The first-order valence-corrected chi connectivity index (χ1v) is 6.56. The van der Waals surface area contributed by atoms with Crippen molar-refractivity contribution in [2.24, 2.45) is 7.05 Å². The lowest BCUT2D eigenvalue weighted by Crippen LogP contribution is -2.29. The van der Waals surface area contributed by atoms with Gasteiger partial charge in [-0.25, -0.2) is 4.79 Å². The highest BCUT2D eigenvalue weighted by Crippen LogP contribution is 2.11. The van der Waals surface area contributed by atoms with Gasteiger partial charge in [-0.3, -0.25) is 0 Å². The van der Waals surface area contributed by atoms with Crippen molar-refractivity contribution in [3.05, 3.63) is 42.0 Å². The molecule has 0 saturated carbocycles. The summed E-state index contributed by atoms with van der Waals surface area (Å²) < 4.78 is 1.91. The fraction of sp³-hybridized carbons (Fsp3) is 0.357. The maximum atomic E-state index is 11.8. The molecule has 0 aliphatic heterocycles. The number of nitrogens with zero attached hydrogens (tertiary/aromatic N) is 3. The summed E-state index contributed by atoms with van der Waals surface area (Å²) >= 11 is 0. The number of carbonyl (C=O) groups excluding carboxylic acids is 1. The van der Waals surface area contributed by atoms with Crippen LogP contribution in [0.25, 0.3) is 0 Å². The Morgan fingerprint density at radius 2 is 1.95 bits per heavy atom. The highest BCUT2D eigenvalue weighted by Gasteiger charge is 2.12. The number of hydrogen-bond donors (Lipinski definition) is 2. The molecule has 2 N–H and O–H groups in total. The smallest absolute Gasteiger partial charge is 0.319 e. The first-order chi connectivity index (χ1) is 9.58. The summed E-state index contributed by atoms with van der Waals surface area (Å²) in [5.41, 5.74) is 0.755. The predicted octanol–water partition coefficient (Wildman–Crippen LogP) is 2.26. The lowest BCUT2D eigenvalue weighted by molar-refractivity contribution is 0.251. The number of aromatic nitrogens is 3. The Morgan fingerprint density at radius 3 is 2.55 bits per heavy atom. The highest BCUT2D eigenvalue weighted by atomic mass is 16.2. The summed E-state index contributed by atoms with van der Waals surface area (Å²) in [4.78, 5) is 11.8. The molecule has 0 unspecified atom stereocenters. The highest BCUT2D eigenvalue weighted by molar-refractivity contribution is 5.89. The molecule has 2 aromatic rings. The van der Waals surface area contributed by atoms with Gasteiger partial charge in [0.2, 0.25) is 0 Å². The molecule has 6 nitrogen and oxygen atoms in total. The fourth-order valence-electron chi connectivity index (χ4n) is 1.89. The van der Waals surface area contributed by atoms with Crippen LogP contribution in [-0.4, -0.2) is 20.8 Å². The second-order valence-electron chi connectivity index (χ2n) is 4.86. The van der Waals surface area contributed by atoms with Crippen LogP contribution in [0.15, 0.2) is 30.3 Å². The predicted molar refractivity (Wildman–Crippen MR) is 77.4 cm³/mol. The van der Waals surface area contributed by atoms with Crippen LogP contribution in [0.4, 0.5) is 10.5 Å².